The Morgan fingerprint density at radius 2 is 2.13 bits per heavy atom. The molecule has 0 fully saturated rings. The maximum Gasteiger partial charge on any atom is 0.0477 e. The van der Waals surface area contributed by atoms with Crippen molar-refractivity contribution in [1.29, 1.82) is 0 Å². The third-order valence-corrected chi connectivity index (χ3v) is 3.38. The molecule has 2 heteroatoms. The molecule has 0 aromatic heterocycles. The van der Waals surface area contributed by atoms with E-state index in [4.69, 9.17) is 5.73 Å². The standard InChI is InChI=1S/C13H24N2/c1-6-12-8-13(11(4)15(12)5)9(2)7-10(3)14/h6,8-11H,7,14H2,1-5H3/b12-6+. The molecule has 0 aromatic rings. The highest BCUT2D eigenvalue weighted by molar-refractivity contribution is 5.34. The average Bonchev–Trinajstić information content (AvgIpc) is 2.43. The molecule has 0 aromatic carbocycles. The zero-order chi connectivity index (χ0) is 11.6. The van der Waals surface area contributed by atoms with Gasteiger partial charge < -0.3 is 10.6 Å². The van der Waals surface area contributed by atoms with Gasteiger partial charge >= 0.3 is 0 Å². The van der Waals surface area contributed by atoms with Crippen LogP contribution in [0.15, 0.2) is 23.4 Å². The third-order valence-electron chi connectivity index (χ3n) is 3.38. The first-order valence-corrected chi connectivity index (χ1v) is 5.83. The number of nitrogens with two attached hydrogens (primary N) is 1. The second-order valence-corrected chi connectivity index (χ2v) is 4.76. The molecule has 0 radical (unpaired) electrons. The van der Waals surface area contributed by atoms with Crippen molar-refractivity contribution in [2.45, 2.75) is 46.2 Å². The van der Waals surface area contributed by atoms with Gasteiger partial charge in [0.25, 0.3) is 0 Å². The molecule has 86 valence electrons. The summed E-state index contributed by atoms with van der Waals surface area (Å²) in [5, 5.41) is 0. The highest BCUT2D eigenvalue weighted by Crippen LogP contribution is 2.31. The lowest BCUT2D eigenvalue weighted by Gasteiger charge is -2.25. The van der Waals surface area contributed by atoms with E-state index in [0.717, 1.165) is 6.42 Å². The fourth-order valence-electron chi connectivity index (χ4n) is 2.38. The second-order valence-electron chi connectivity index (χ2n) is 4.76. The van der Waals surface area contributed by atoms with Crippen molar-refractivity contribution in [3.63, 3.8) is 0 Å². The number of allylic oxidation sites excluding steroid dienone is 2. The average molecular weight is 208 g/mol. The number of hydrogen-bond donors (Lipinski definition) is 1. The van der Waals surface area contributed by atoms with Crippen LogP contribution < -0.4 is 5.73 Å². The van der Waals surface area contributed by atoms with E-state index in [-0.39, 0.29) is 6.04 Å². The van der Waals surface area contributed by atoms with E-state index >= 15 is 0 Å². The van der Waals surface area contributed by atoms with Crippen molar-refractivity contribution in [2.24, 2.45) is 11.7 Å². The van der Waals surface area contributed by atoms with E-state index in [1.807, 2.05) is 0 Å². The van der Waals surface area contributed by atoms with Gasteiger partial charge in [0.15, 0.2) is 0 Å². The molecule has 0 saturated heterocycles. The third kappa shape index (κ3) is 2.63. The maximum atomic E-state index is 5.85. The Hall–Kier alpha value is -0.760. The van der Waals surface area contributed by atoms with E-state index in [1.165, 1.54) is 11.3 Å². The minimum absolute atomic E-state index is 0.285. The van der Waals surface area contributed by atoms with E-state index in [1.54, 1.807) is 0 Å². The van der Waals surface area contributed by atoms with Gasteiger partial charge in [-0.1, -0.05) is 13.0 Å². The second kappa shape index (κ2) is 4.84. The van der Waals surface area contributed by atoms with Crippen molar-refractivity contribution < 1.29 is 0 Å². The molecule has 0 bridgehead atoms. The van der Waals surface area contributed by atoms with E-state index in [0.29, 0.717) is 12.0 Å². The summed E-state index contributed by atoms with van der Waals surface area (Å²) in [6.45, 7) is 8.71. The van der Waals surface area contributed by atoms with Crippen molar-refractivity contribution in [3.05, 3.63) is 23.4 Å². The van der Waals surface area contributed by atoms with Gasteiger partial charge in [-0.3, -0.25) is 0 Å². The largest absolute Gasteiger partial charge is 0.368 e. The maximum absolute atomic E-state index is 5.85. The van der Waals surface area contributed by atoms with Gasteiger partial charge in [-0.15, -0.1) is 0 Å². The van der Waals surface area contributed by atoms with Crippen molar-refractivity contribution in [1.82, 2.24) is 4.90 Å². The summed E-state index contributed by atoms with van der Waals surface area (Å²) in [6.07, 6.45) is 5.56. The van der Waals surface area contributed by atoms with Crippen LogP contribution in [0, 0.1) is 5.92 Å². The Morgan fingerprint density at radius 1 is 1.53 bits per heavy atom. The van der Waals surface area contributed by atoms with Gasteiger partial charge in [-0.25, -0.2) is 0 Å². The highest BCUT2D eigenvalue weighted by atomic mass is 15.2. The smallest absolute Gasteiger partial charge is 0.0477 e. The fraction of sp³-hybridized carbons (Fsp3) is 0.692. The number of rotatable bonds is 3. The molecule has 0 spiro atoms. The Labute approximate surface area is 93.8 Å². The van der Waals surface area contributed by atoms with Crippen molar-refractivity contribution in [2.75, 3.05) is 7.05 Å². The topological polar surface area (TPSA) is 29.3 Å². The first kappa shape index (κ1) is 12.3. The summed E-state index contributed by atoms with van der Waals surface area (Å²) >= 11 is 0. The summed E-state index contributed by atoms with van der Waals surface area (Å²) in [5.74, 6) is 0.583. The number of hydrogen-bond acceptors (Lipinski definition) is 2. The van der Waals surface area contributed by atoms with Crippen LogP contribution in [-0.4, -0.2) is 24.0 Å². The summed E-state index contributed by atoms with van der Waals surface area (Å²) in [6, 6.07) is 0.804. The molecular formula is C13H24N2. The van der Waals surface area contributed by atoms with Gasteiger partial charge in [0.1, 0.15) is 0 Å². The van der Waals surface area contributed by atoms with Crippen LogP contribution in [0.4, 0.5) is 0 Å². The van der Waals surface area contributed by atoms with Crippen LogP contribution in [0.25, 0.3) is 0 Å². The zero-order valence-corrected chi connectivity index (χ0v) is 10.6. The van der Waals surface area contributed by atoms with Crippen LogP contribution in [0.3, 0.4) is 0 Å². The Balaban J connectivity index is 2.78. The molecular weight excluding hydrogens is 184 g/mol. The van der Waals surface area contributed by atoms with Crippen molar-refractivity contribution in [3.8, 4) is 0 Å². The molecule has 3 atom stereocenters. The minimum atomic E-state index is 0.285. The van der Waals surface area contributed by atoms with Crippen LogP contribution in [0.5, 0.6) is 0 Å². The summed E-state index contributed by atoms with van der Waals surface area (Å²) in [4.78, 5) is 2.33. The zero-order valence-electron chi connectivity index (χ0n) is 10.6. The summed E-state index contributed by atoms with van der Waals surface area (Å²) in [7, 11) is 2.15. The number of nitrogens with zero attached hydrogens (tertiary/aromatic N) is 1. The Bertz CT molecular complexity index is 276. The molecule has 0 aliphatic carbocycles. The Morgan fingerprint density at radius 3 is 2.53 bits per heavy atom. The van der Waals surface area contributed by atoms with Crippen LogP contribution in [-0.2, 0) is 0 Å². The van der Waals surface area contributed by atoms with Crippen molar-refractivity contribution >= 4 is 0 Å². The van der Waals surface area contributed by atoms with E-state index in [9.17, 15) is 0 Å². The molecule has 2 N–H and O–H groups in total. The molecule has 0 saturated carbocycles. The van der Waals surface area contributed by atoms with Gasteiger partial charge in [0.05, 0.1) is 0 Å². The quantitative estimate of drug-likeness (QED) is 0.772. The molecule has 1 aliphatic rings. The summed E-state index contributed by atoms with van der Waals surface area (Å²) < 4.78 is 0. The molecule has 1 heterocycles. The molecule has 1 aliphatic heterocycles. The van der Waals surface area contributed by atoms with E-state index < -0.39 is 0 Å². The molecule has 2 nitrogen and oxygen atoms in total. The predicted molar refractivity (Wildman–Crippen MR) is 66.5 cm³/mol. The lowest BCUT2D eigenvalue weighted by molar-refractivity contribution is 0.367. The fourth-order valence-corrected chi connectivity index (χ4v) is 2.38. The normalized spacial score (nSPS) is 28.1. The first-order chi connectivity index (χ1) is 6.97. The predicted octanol–water partition coefficient (Wildman–Crippen LogP) is 2.52. The number of likely N-dealkylation sites (N-methyl/N-ethyl adjacent to an activating group) is 1. The molecule has 3 unspecified atom stereocenters. The first-order valence-electron chi connectivity index (χ1n) is 5.83. The molecule has 15 heavy (non-hydrogen) atoms. The summed E-state index contributed by atoms with van der Waals surface area (Å²) in [5.41, 5.74) is 8.70. The van der Waals surface area contributed by atoms with Gasteiger partial charge in [-0.2, -0.15) is 0 Å². The van der Waals surface area contributed by atoms with Crippen LogP contribution >= 0.6 is 0 Å². The molecule has 1 rings (SSSR count). The van der Waals surface area contributed by atoms with Gasteiger partial charge in [0, 0.05) is 24.8 Å². The SMILES string of the molecule is C/C=C1\C=C(C(C)CC(C)N)C(C)N1C. The minimum Gasteiger partial charge on any atom is -0.368 e. The van der Waals surface area contributed by atoms with Crippen LogP contribution in [0.2, 0.25) is 0 Å². The lowest BCUT2D eigenvalue weighted by Crippen LogP contribution is -2.27. The monoisotopic (exact) mass is 208 g/mol. The molecule has 0 amide bonds. The van der Waals surface area contributed by atoms with E-state index in [2.05, 4.69) is 51.8 Å². The Kier molecular flexibility index (Phi) is 3.97. The lowest BCUT2D eigenvalue weighted by atomic mass is 9.91. The van der Waals surface area contributed by atoms with Gasteiger partial charge in [-0.05, 0) is 44.8 Å². The highest BCUT2D eigenvalue weighted by Gasteiger charge is 2.26. The van der Waals surface area contributed by atoms with Crippen LogP contribution in [0.1, 0.15) is 34.1 Å². The van der Waals surface area contributed by atoms with Gasteiger partial charge in [0.2, 0.25) is 0 Å².